The minimum atomic E-state index is -1.75. The standard InChI is InChI=1S/C11H8Cl2O4S/c1-16-5-3-4-6(17-2)10-7(5)9(14)8(12)11(13)18(10)15/h3-4H,1-2H3. The number of ketones is 1. The smallest absolute Gasteiger partial charge is 0.211 e. The maximum absolute atomic E-state index is 12.2. The SMILES string of the molecule is COc1ccc(OC)c2c1C(=O)C(Cl)=C(Cl)S2=O. The predicted molar refractivity (Wildman–Crippen MR) is 69.0 cm³/mol. The Morgan fingerprint density at radius 2 is 1.67 bits per heavy atom. The molecule has 4 nitrogen and oxygen atoms in total. The number of Topliss-reactive ketones (excluding diaryl/α,β-unsaturated/α-hetero) is 1. The lowest BCUT2D eigenvalue weighted by Crippen LogP contribution is -2.16. The van der Waals surface area contributed by atoms with Crippen LogP contribution in [0, 0.1) is 0 Å². The van der Waals surface area contributed by atoms with Crippen LogP contribution in [0.3, 0.4) is 0 Å². The Morgan fingerprint density at radius 1 is 1.11 bits per heavy atom. The van der Waals surface area contributed by atoms with Crippen LogP contribution in [0.1, 0.15) is 10.4 Å². The van der Waals surface area contributed by atoms with Crippen molar-refractivity contribution in [3.63, 3.8) is 0 Å². The number of methoxy groups -OCH3 is 2. The van der Waals surface area contributed by atoms with Crippen LogP contribution in [-0.2, 0) is 10.8 Å². The Morgan fingerprint density at radius 3 is 2.22 bits per heavy atom. The van der Waals surface area contributed by atoms with Gasteiger partial charge in [-0.15, -0.1) is 0 Å². The van der Waals surface area contributed by atoms with E-state index in [9.17, 15) is 9.00 Å². The Kier molecular flexibility index (Phi) is 3.66. The van der Waals surface area contributed by atoms with Gasteiger partial charge in [0.05, 0.1) is 19.8 Å². The zero-order chi connectivity index (χ0) is 13.4. The van der Waals surface area contributed by atoms with Crippen LogP contribution in [0.5, 0.6) is 11.5 Å². The summed E-state index contributed by atoms with van der Waals surface area (Å²) in [6.07, 6.45) is 0. The van der Waals surface area contributed by atoms with Crippen molar-refractivity contribution in [2.45, 2.75) is 4.90 Å². The highest BCUT2D eigenvalue weighted by Crippen LogP contribution is 2.42. The molecule has 0 spiro atoms. The fraction of sp³-hybridized carbons (Fsp3) is 0.182. The number of carbonyl (C=O) groups excluding carboxylic acids is 1. The zero-order valence-electron chi connectivity index (χ0n) is 9.45. The van der Waals surface area contributed by atoms with Gasteiger partial charge in [-0.25, -0.2) is 4.21 Å². The van der Waals surface area contributed by atoms with Crippen molar-refractivity contribution in [1.29, 1.82) is 0 Å². The van der Waals surface area contributed by atoms with E-state index in [0.29, 0.717) is 5.75 Å². The molecule has 0 amide bonds. The molecule has 96 valence electrons. The average molecular weight is 307 g/mol. The lowest BCUT2D eigenvalue weighted by Gasteiger charge is -2.19. The van der Waals surface area contributed by atoms with Crippen molar-refractivity contribution in [1.82, 2.24) is 0 Å². The molecule has 1 aliphatic rings. The first-order valence-electron chi connectivity index (χ1n) is 4.79. The number of rotatable bonds is 2. The van der Waals surface area contributed by atoms with E-state index in [-0.39, 0.29) is 25.6 Å². The van der Waals surface area contributed by atoms with Crippen LogP contribution in [0.25, 0.3) is 0 Å². The van der Waals surface area contributed by atoms with Crippen LogP contribution >= 0.6 is 23.2 Å². The second kappa shape index (κ2) is 4.91. The van der Waals surface area contributed by atoms with Gasteiger partial charge in [-0.05, 0) is 12.1 Å². The zero-order valence-corrected chi connectivity index (χ0v) is 11.8. The van der Waals surface area contributed by atoms with Crippen molar-refractivity contribution in [2.75, 3.05) is 14.2 Å². The molecule has 1 heterocycles. The molecule has 0 saturated carbocycles. The third-order valence-electron chi connectivity index (χ3n) is 2.47. The van der Waals surface area contributed by atoms with Gasteiger partial charge in [-0.2, -0.15) is 0 Å². The summed E-state index contributed by atoms with van der Waals surface area (Å²) in [5.41, 5.74) is 0.129. The maximum Gasteiger partial charge on any atom is 0.211 e. The van der Waals surface area contributed by atoms with Gasteiger partial charge in [-0.1, -0.05) is 23.2 Å². The second-order valence-electron chi connectivity index (χ2n) is 3.36. The van der Waals surface area contributed by atoms with Crippen LogP contribution in [0.15, 0.2) is 26.4 Å². The van der Waals surface area contributed by atoms with Crippen LogP contribution in [0.2, 0.25) is 0 Å². The summed E-state index contributed by atoms with van der Waals surface area (Å²) in [5, 5.41) is -0.256. The summed E-state index contributed by atoms with van der Waals surface area (Å²) in [4.78, 5) is 12.3. The number of hydrogen-bond acceptors (Lipinski definition) is 4. The Balaban J connectivity index is 2.83. The van der Waals surface area contributed by atoms with E-state index in [0.717, 1.165) is 0 Å². The monoisotopic (exact) mass is 306 g/mol. The van der Waals surface area contributed by atoms with Gasteiger partial charge in [0, 0.05) is 0 Å². The third kappa shape index (κ3) is 1.83. The quantitative estimate of drug-likeness (QED) is 0.843. The number of ether oxygens (including phenoxy) is 2. The van der Waals surface area contributed by atoms with E-state index in [1.54, 1.807) is 12.1 Å². The minimum Gasteiger partial charge on any atom is -0.496 e. The van der Waals surface area contributed by atoms with E-state index >= 15 is 0 Å². The number of hydrogen-bond donors (Lipinski definition) is 0. The largest absolute Gasteiger partial charge is 0.496 e. The summed E-state index contributed by atoms with van der Waals surface area (Å²) in [6.45, 7) is 0. The highest BCUT2D eigenvalue weighted by molar-refractivity contribution is 7.91. The Hall–Kier alpha value is -1.04. The molecule has 0 fully saturated rings. The lowest BCUT2D eigenvalue weighted by molar-refractivity contribution is 0.103. The van der Waals surface area contributed by atoms with Crippen LogP contribution in [0.4, 0.5) is 0 Å². The summed E-state index contributed by atoms with van der Waals surface area (Å²) in [7, 11) is 1.08. The van der Waals surface area contributed by atoms with Gasteiger partial charge in [0.15, 0.2) is 0 Å². The van der Waals surface area contributed by atoms with Gasteiger partial charge >= 0.3 is 0 Å². The van der Waals surface area contributed by atoms with Crippen molar-refractivity contribution in [3.05, 3.63) is 27.1 Å². The van der Waals surface area contributed by atoms with E-state index in [1.807, 2.05) is 0 Å². The normalized spacial score (nSPS) is 18.7. The number of benzene rings is 1. The number of carbonyl (C=O) groups is 1. The number of fused-ring (bicyclic) bond motifs is 1. The van der Waals surface area contributed by atoms with Crippen LogP contribution < -0.4 is 9.47 Å². The molecule has 0 aliphatic carbocycles. The summed E-state index contributed by atoms with van der Waals surface area (Å²) < 4.78 is 22.1. The van der Waals surface area contributed by atoms with Gasteiger partial charge in [0.25, 0.3) is 0 Å². The second-order valence-corrected chi connectivity index (χ2v) is 5.69. The summed E-state index contributed by atoms with van der Waals surface area (Å²) in [6, 6.07) is 3.11. The molecule has 1 aromatic rings. The molecule has 7 heteroatoms. The molecule has 1 aliphatic heterocycles. The number of allylic oxidation sites excluding steroid dienone is 1. The molecule has 1 unspecified atom stereocenters. The van der Waals surface area contributed by atoms with E-state index in [1.165, 1.54) is 14.2 Å². The fourth-order valence-corrected chi connectivity index (χ4v) is 3.41. The summed E-state index contributed by atoms with van der Waals surface area (Å²) >= 11 is 11.6. The van der Waals surface area contributed by atoms with Gasteiger partial charge < -0.3 is 9.47 Å². The van der Waals surface area contributed by atoms with Crippen molar-refractivity contribution in [2.24, 2.45) is 0 Å². The molecule has 2 rings (SSSR count). The molecular weight excluding hydrogens is 299 g/mol. The maximum atomic E-state index is 12.2. The molecular formula is C11H8Cl2O4S. The van der Waals surface area contributed by atoms with Gasteiger partial charge in [0.2, 0.25) is 5.78 Å². The first kappa shape index (κ1) is 13.4. The third-order valence-corrected chi connectivity index (χ3v) is 4.95. The lowest BCUT2D eigenvalue weighted by atomic mass is 10.1. The average Bonchev–Trinajstić information content (AvgIpc) is 2.40. The molecule has 18 heavy (non-hydrogen) atoms. The topological polar surface area (TPSA) is 52.6 Å². The Bertz CT molecular complexity index is 544. The molecule has 1 aromatic carbocycles. The van der Waals surface area contributed by atoms with E-state index in [4.69, 9.17) is 32.7 Å². The van der Waals surface area contributed by atoms with Crippen molar-refractivity contribution < 1.29 is 18.5 Å². The molecule has 0 aromatic heterocycles. The van der Waals surface area contributed by atoms with Gasteiger partial charge in [0.1, 0.15) is 36.6 Å². The van der Waals surface area contributed by atoms with Crippen LogP contribution in [-0.4, -0.2) is 24.2 Å². The van der Waals surface area contributed by atoms with Gasteiger partial charge in [-0.3, -0.25) is 4.79 Å². The minimum absolute atomic E-state index is 0.129. The summed E-state index contributed by atoms with van der Waals surface area (Å²) in [5.74, 6) is 0.0679. The van der Waals surface area contributed by atoms with E-state index < -0.39 is 16.6 Å². The molecule has 1 atom stereocenters. The molecule has 0 radical (unpaired) electrons. The van der Waals surface area contributed by atoms with Crippen molar-refractivity contribution >= 4 is 39.8 Å². The molecule has 0 saturated heterocycles. The molecule has 0 N–H and O–H groups in total. The highest BCUT2D eigenvalue weighted by atomic mass is 35.5. The predicted octanol–water partition coefficient (Wildman–Crippen LogP) is 2.65. The number of halogens is 2. The first-order chi connectivity index (χ1) is 8.52. The Labute approximate surface area is 116 Å². The van der Waals surface area contributed by atoms with Crippen molar-refractivity contribution in [3.8, 4) is 11.5 Å². The van der Waals surface area contributed by atoms with E-state index in [2.05, 4.69) is 0 Å². The first-order valence-corrected chi connectivity index (χ1v) is 6.70. The fourth-order valence-electron chi connectivity index (χ4n) is 1.65. The molecule has 0 bridgehead atoms. The highest BCUT2D eigenvalue weighted by Gasteiger charge is 2.35.